The number of nitrogens with one attached hydrogen (secondary N) is 1. The molecule has 0 aliphatic heterocycles. The van der Waals surface area contributed by atoms with Gasteiger partial charge in [-0.2, -0.15) is 0 Å². The largest absolute Gasteiger partial charge is 0.329 e. The molecule has 7 nitrogen and oxygen atoms in total. The molecule has 0 saturated heterocycles. The zero-order valence-corrected chi connectivity index (χ0v) is 11.2. The number of nitro benzene ring substituents is 1. The summed E-state index contributed by atoms with van der Waals surface area (Å²) in [7, 11) is -3.67. The van der Waals surface area contributed by atoms with Gasteiger partial charge in [0.05, 0.1) is 9.82 Å². The van der Waals surface area contributed by atoms with Crippen molar-refractivity contribution in [3.8, 4) is 0 Å². The van der Waals surface area contributed by atoms with Crippen LogP contribution in [0.1, 0.15) is 6.92 Å². The van der Waals surface area contributed by atoms with Crippen LogP contribution in [0.15, 0.2) is 29.2 Å². The fraction of sp³-hybridized carbons (Fsp3) is 0.333. The highest BCUT2D eigenvalue weighted by Gasteiger charge is 2.17. The van der Waals surface area contributed by atoms with Crippen LogP contribution in [-0.4, -0.2) is 25.9 Å². The topological polar surface area (TPSA) is 115 Å². The Hall–Kier alpha value is -1.22. The van der Waals surface area contributed by atoms with Crippen molar-refractivity contribution in [3.63, 3.8) is 0 Å². The van der Waals surface area contributed by atoms with Crippen LogP contribution in [0.25, 0.3) is 0 Å². The Balaban J connectivity index is 0.00000289. The average molecular weight is 296 g/mol. The van der Waals surface area contributed by atoms with E-state index in [0.717, 1.165) is 12.1 Å². The molecule has 1 aromatic carbocycles. The summed E-state index contributed by atoms with van der Waals surface area (Å²) in [4.78, 5) is 9.79. The van der Waals surface area contributed by atoms with Gasteiger partial charge in [0.25, 0.3) is 5.69 Å². The zero-order chi connectivity index (χ0) is 13.1. The van der Waals surface area contributed by atoms with E-state index in [1.165, 1.54) is 12.1 Å². The first-order valence-corrected chi connectivity index (χ1v) is 6.32. The molecule has 1 aromatic rings. The predicted molar refractivity (Wildman–Crippen MR) is 69.2 cm³/mol. The molecule has 9 heteroatoms. The molecule has 0 fully saturated rings. The first kappa shape index (κ1) is 16.8. The molecule has 0 heterocycles. The number of hydrogen-bond donors (Lipinski definition) is 2. The quantitative estimate of drug-likeness (QED) is 0.611. The maximum atomic E-state index is 11.7. The van der Waals surface area contributed by atoms with Gasteiger partial charge in [0, 0.05) is 24.7 Å². The highest BCUT2D eigenvalue weighted by atomic mass is 35.5. The second kappa shape index (κ2) is 6.64. The molecule has 102 valence electrons. The highest BCUT2D eigenvalue weighted by Crippen LogP contribution is 2.15. The molecule has 0 aromatic heterocycles. The Morgan fingerprint density at radius 1 is 1.39 bits per heavy atom. The molecule has 3 N–H and O–H groups in total. The van der Waals surface area contributed by atoms with Crippen LogP contribution in [0.2, 0.25) is 0 Å². The van der Waals surface area contributed by atoms with Gasteiger partial charge < -0.3 is 5.73 Å². The first-order valence-electron chi connectivity index (χ1n) is 4.83. The minimum atomic E-state index is -3.67. The molecule has 0 unspecified atom stereocenters. The van der Waals surface area contributed by atoms with Gasteiger partial charge >= 0.3 is 0 Å². The van der Waals surface area contributed by atoms with Gasteiger partial charge in [0.15, 0.2) is 0 Å². The van der Waals surface area contributed by atoms with Gasteiger partial charge in [-0.3, -0.25) is 10.1 Å². The lowest BCUT2D eigenvalue weighted by Gasteiger charge is -2.11. The third kappa shape index (κ3) is 4.22. The molecule has 0 bridgehead atoms. The monoisotopic (exact) mass is 295 g/mol. The number of benzene rings is 1. The van der Waals surface area contributed by atoms with E-state index in [4.69, 9.17) is 5.73 Å². The standard InChI is InChI=1S/C9H13N3O4S.ClH/c1-7(6-10)11-17(15,16)9-4-2-8(3-5-9)12(13)14;/h2-5,7,11H,6,10H2,1H3;1H/t7-;/m1./s1. The van der Waals surface area contributed by atoms with Crippen LogP contribution in [0.4, 0.5) is 5.69 Å². The van der Waals surface area contributed by atoms with Crippen molar-refractivity contribution in [1.82, 2.24) is 4.72 Å². The predicted octanol–water partition coefficient (Wildman–Crippen LogP) is 0.642. The normalized spacial score (nSPS) is 12.6. The smallest absolute Gasteiger partial charge is 0.269 e. The molecular formula is C9H14ClN3O4S. The summed E-state index contributed by atoms with van der Waals surface area (Å²) in [5, 5.41) is 10.4. The summed E-state index contributed by atoms with van der Waals surface area (Å²) < 4.78 is 25.8. The second-order valence-electron chi connectivity index (χ2n) is 3.51. The molecule has 0 saturated carbocycles. The summed E-state index contributed by atoms with van der Waals surface area (Å²) in [5.74, 6) is 0. The van der Waals surface area contributed by atoms with Crippen LogP contribution >= 0.6 is 12.4 Å². The summed E-state index contributed by atoms with van der Waals surface area (Å²) >= 11 is 0. The van der Waals surface area contributed by atoms with Crippen LogP contribution in [0, 0.1) is 10.1 Å². The van der Waals surface area contributed by atoms with E-state index in [1.54, 1.807) is 6.92 Å². The molecular weight excluding hydrogens is 282 g/mol. The number of hydrogen-bond acceptors (Lipinski definition) is 5. The highest BCUT2D eigenvalue weighted by molar-refractivity contribution is 7.89. The van der Waals surface area contributed by atoms with E-state index in [-0.39, 0.29) is 29.5 Å². The van der Waals surface area contributed by atoms with Crippen molar-refractivity contribution in [3.05, 3.63) is 34.4 Å². The fourth-order valence-electron chi connectivity index (χ4n) is 1.13. The lowest BCUT2D eigenvalue weighted by molar-refractivity contribution is -0.384. The molecule has 1 atom stereocenters. The number of sulfonamides is 1. The van der Waals surface area contributed by atoms with Crippen LogP contribution in [0.5, 0.6) is 0 Å². The van der Waals surface area contributed by atoms with Crippen molar-refractivity contribution in [2.75, 3.05) is 6.54 Å². The molecule has 0 spiro atoms. The third-order valence-corrected chi connectivity index (χ3v) is 3.67. The number of halogens is 1. The summed E-state index contributed by atoms with van der Waals surface area (Å²) in [6.07, 6.45) is 0. The van der Waals surface area contributed by atoms with Crippen molar-refractivity contribution < 1.29 is 13.3 Å². The Morgan fingerprint density at radius 3 is 2.28 bits per heavy atom. The minimum Gasteiger partial charge on any atom is -0.329 e. The van der Waals surface area contributed by atoms with E-state index in [1.807, 2.05) is 0 Å². The van der Waals surface area contributed by atoms with E-state index < -0.39 is 21.0 Å². The maximum absolute atomic E-state index is 11.7. The molecule has 0 aliphatic carbocycles. The number of nitro groups is 1. The molecule has 1 rings (SSSR count). The van der Waals surface area contributed by atoms with Gasteiger partial charge in [-0.1, -0.05) is 0 Å². The van der Waals surface area contributed by atoms with Gasteiger partial charge in [0.1, 0.15) is 0 Å². The van der Waals surface area contributed by atoms with Crippen molar-refractivity contribution in [1.29, 1.82) is 0 Å². The van der Waals surface area contributed by atoms with Crippen molar-refractivity contribution >= 4 is 28.1 Å². The minimum absolute atomic E-state index is 0. The Kier molecular flexibility index (Phi) is 6.19. The fourth-order valence-corrected chi connectivity index (χ4v) is 2.38. The Bertz CT molecular complexity index is 503. The van der Waals surface area contributed by atoms with E-state index in [9.17, 15) is 18.5 Å². The number of nitrogens with zero attached hydrogens (tertiary/aromatic N) is 1. The van der Waals surface area contributed by atoms with Crippen LogP contribution in [-0.2, 0) is 10.0 Å². The van der Waals surface area contributed by atoms with Gasteiger partial charge in [0.2, 0.25) is 10.0 Å². The second-order valence-corrected chi connectivity index (χ2v) is 5.22. The van der Waals surface area contributed by atoms with Crippen molar-refractivity contribution in [2.45, 2.75) is 17.9 Å². The van der Waals surface area contributed by atoms with E-state index in [2.05, 4.69) is 4.72 Å². The summed E-state index contributed by atoms with van der Waals surface area (Å²) in [5.41, 5.74) is 5.15. The zero-order valence-electron chi connectivity index (χ0n) is 9.57. The SMILES string of the molecule is C[C@H](CN)NS(=O)(=O)c1ccc([N+](=O)[O-])cc1.Cl. The molecule has 0 radical (unpaired) electrons. The Labute approximate surface area is 111 Å². The first-order chi connectivity index (χ1) is 7.86. The lowest BCUT2D eigenvalue weighted by atomic mass is 10.3. The Morgan fingerprint density at radius 2 is 1.89 bits per heavy atom. The number of non-ortho nitro benzene ring substituents is 1. The molecule has 0 amide bonds. The van der Waals surface area contributed by atoms with Crippen LogP contribution < -0.4 is 10.5 Å². The summed E-state index contributed by atoms with van der Waals surface area (Å²) in [6, 6.07) is 4.26. The van der Waals surface area contributed by atoms with E-state index in [0.29, 0.717) is 0 Å². The number of nitrogens with two attached hydrogens (primary N) is 1. The average Bonchev–Trinajstić information content (AvgIpc) is 2.28. The molecule has 18 heavy (non-hydrogen) atoms. The van der Waals surface area contributed by atoms with Crippen molar-refractivity contribution in [2.24, 2.45) is 5.73 Å². The maximum Gasteiger partial charge on any atom is 0.269 e. The third-order valence-electron chi connectivity index (χ3n) is 2.07. The van der Waals surface area contributed by atoms with Gasteiger partial charge in [-0.25, -0.2) is 13.1 Å². The molecule has 0 aliphatic rings. The van der Waals surface area contributed by atoms with Gasteiger partial charge in [-0.15, -0.1) is 12.4 Å². The van der Waals surface area contributed by atoms with Crippen LogP contribution in [0.3, 0.4) is 0 Å². The summed E-state index contributed by atoms with van der Waals surface area (Å²) in [6.45, 7) is 1.80. The number of rotatable bonds is 5. The van der Waals surface area contributed by atoms with E-state index >= 15 is 0 Å². The van der Waals surface area contributed by atoms with Gasteiger partial charge in [-0.05, 0) is 19.1 Å². The lowest BCUT2D eigenvalue weighted by Crippen LogP contribution is -2.37.